The Bertz CT molecular complexity index is 1190. The number of fused-ring (bicyclic) bond motifs is 1. The molecule has 0 bridgehead atoms. The largest absolute Gasteiger partial charge is 0.487 e. The topological polar surface area (TPSA) is 108 Å². The van der Waals surface area contributed by atoms with Crippen molar-refractivity contribution in [2.75, 3.05) is 17.4 Å². The fraction of sp³-hybridized carbons (Fsp3) is 0.458. The van der Waals surface area contributed by atoms with Crippen LogP contribution in [0.4, 0.5) is 10.1 Å². The van der Waals surface area contributed by atoms with Crippen molar-refractivity contribution in [1.82, 2.24) is 10.0 Å². The average molecular weight is 522 g/mol. The predicted octanol–water partition coefficient (Wildman–Crippen LogP) is 2.62. The Labute approximate surface area is 206 Å². The van der Waals surface area contributed by atoms with Gasteiger partial charge in [0.25, 0.3) is 5.91 Å². The first-order valence-electron chi connectivity index (χ1n) is 11.8. The molecule has 1 aliphatic heterocycles. The summed E-state index contributed by atoms with van der Waals surface area (Å²) in [6.45, 7) is 4.18. The number of rotatable bonds is 9. The monoisotopic (exact) mass is 521 g/mol. The van der Waals surface area contributed by atoms with E-state index < -0.39 is 36.8 Å². The Hall–Kier alpha value is -2.47. The van der Waals surface area contributed by atoms with Crippen molar-refractivity contribution < 1.29 is 27.1 Å². The molecule has 1 atom stereocenters. The lowest BCUT2D eigenvalue weighted by atomic mass is 9.87. The van der Waals surface area contributed by atoms with Crippen LogP contribution >= 0.6 is 0 Å². The predicted molar refractivity (Wildman–Crippen MR) is 135 cm³/mol. The Morgan fingerprint density at radius 2 is 2.03 bits per heavy atom. The van der Waals surface area contributed by atoms with Gasteiger partial charge in [0.15, 0.2) is 14.1 Å². The van der Waals surface area contributed by atoms with E-state index >= 15 is 4.39 Å². The molecule has 35 heavy (non-hydrogen) atoms. The summed E-state index contributed by atoms with van der Waals surface area (Å²) in [4.78, 5) is 21.9. The summed E-state index contributed by atoms with van der Waals surface area (Å²) in [6.07, 6.45) is 2.68. The molecule has 1 amide bonds. The standard InChI is InChI=1S/C24H32FN3O5SSi/c1-35(2,32)12-6-11-26-19-10-9-18-13-21(33-16-17-7-4-3-5-8-17)24(23(25)20(18)14-19)28-15-22(29)27-34(28,30)31/h3-5,7-8,13,19,26,32H,6,9-12,14-16H2,1-2H3,(H,27,29). The summed E-state index contributed by atoms with van der Waals surface area (Å²) in [5.41, 5.74) is 1.86. The molecule has 1 fully saturated rings. The second-order valence-electron chi connectivity index (χ2n) is 9.80. The van der Waals surface area contributed by atoms with E-state index in [0.717, 1.165) is 40.9 Å². The number of carbonyl (C=O) groups excluding carboxylic acids is 1. The van der Waals surface area contributed by atoms with E-state index in [1.807, 2.05) is 48.1 Å². The highest BCUT2D eigenvalue weighted by atomic mass is 32.2. The quantitative estimate of drug-likeness (QED) is 0.346. The van der Waals surface area contributed by atoms with Crippen molar-refractivity contribution in [2.24, 2.45) is 0 Å². The van der Waals surface area contributed by atoms with E-state index in [4.69, 9.17) is 4.74 Å². The molecule has 3 N–H and O–H groups in total. The summed E-state index contributed by atoms with van der Waals surface area (Å²) >= 11 is 0. The van der Waals surface area contributed by atoms with Crippen LogP contribution in [0.25, 0.3) is 0 Å². The van der Waals surface area contributed by atoms with Crippen molar-refractivity contribution >= 4 is 30.1 Å². The van der Waals surface area contributed by atoms with E-state index in [1.165, 1.54) is 0 Å². The van der Waals surface area contributed by atoms with E-state index in [1.54, 1.807) is 6.07 Å². The van der Waals surface area contributed by atoms with Crippen LogP contribution in [0.1, 0.15) is 29.5 Å². The van der Waals surface area contributed by atoms with Gasteiger partial charge in [-0.05, 0) is 74.1 Å². The summed E-state index contributed by atoms with van der Waals surface area (Å²) in [5.74, 6) is -1.28. The Morgan fingerprint density at radius 1 is 1.29 bits per heavy atom. The van der Waals surface area contributed by atoms with Crippen LogP contribution < -0.4 is 19.1 Å². The van der Waals surface area contributed by atoms with Gasteiger partial charge in [0.1, 0.15) is 24.6 Å². The molecule has 0 spiro atoms. The second kappa shape index (κ2) is 10.3. The number of benzene rings is 2. The maximum atomic E-state index is 16.0. The van der Waals surface area contributed by atoms with Crippen molar-refractivity contribution in [1.29, 1.82) is 0 Å². The highest BCUT2D eigenvalue weighted by Gasteiger charge is 2.39. The van der Waals surface area contributed by atoms with E-state index in [2.05, 4.69) is 5.32 Å². The highest BCUT2D eigenvalue weighted by molar-refractivity contribution is 7.92. The van der Waals surface area contributed by atoms with Gasteiger partial charge >= 0.3 is 10.2 Å². The van der Waals surface area contributed by atoms with Crippen LogP contribution in [-0.4, -0.2) is 46.6 Å². The minimum Gasteiger partial charge on any atom is -0.487 e. The number of ether oxygens (including phenoxy) is 1. The van der Waals surface area contributed by atoms with Crippen molar-refractivity contribution in [2.45, 2.75) is 57.5 Å². The minimum atomic E-state index is -4.21. The van der Waals surface area contributed by atoms with Crippen LogP contribution in [0.3, 0.4) is 0 Å². The van der Waals surface area contributed by atoms with Crippen molar-refractivity contribution in [3.8, 4) is 5.75 Å². The number of halogens is 1. The summed E-state index contributed by atoms with van der Waals surface area (Å²) in [7, 11) is -6.31. The maximum Gasteiger partial charge on any atom is 0.326 e. The third-order valence-corrected chi connectivity index (χ3v) is 9.27. The molecule has 8 nitrogen and oxygen atoms in total. The molecule has 0 radical (unpaired) electrons. The van der Waals surface area contributed by atoms with Gasteiger partial charge in [-0.1, -0.05) is 30.3 Å². The number of nitrogens with one attached hydrogen (secondary N) is 2. The molecule has 11 heteroatoms. The lowest BCUT2D eigenvalue weighted by molar-refractivity contribution is -0.117. The first-order chi connectivity index (χ1) is 16.5. The van der Waals surface area contributed by atoms with Crippen LogP contribution in [0.2, 0.25) is 19.1 Å². The molecular weight excluding hydrogens is 489 g/mol. The van der Waals surface area contributed by atoms with Gasteiger partial charge in [0.05, 0.1) is 0 Å². The summed E-state index contributed by atoms with van der Waals surface area (Å²) in [5, 5.41) is 3.45. The Balaban J connectivity index is 1.60. The SMILES string of the molecule is C[Si](C)(O)CCCNC1CCc2cc(OCc3ccccc3)c(N3CC(=O)NS3(=O)=O)c(F)c2C1. The molecule has 0 saturated carbocycles. The van der Waals surface area contributed by atoms with Gasteiger partial charge in [-0.25, -0.2) is 13.4 Å². The van der Waals surface area contributed by atoms with Crippen LogP contribution in [-0.2, 0) is 34.5 Å². The van der Waals surface area contributed by atoms with E-state index in [-0.39, 0.29) is 24.1 Å². The number of hydrogen-bond acceptors (Lipinski definition) is 6. The minimum absolute atomic E-state index is 0.0411. The molecule has 1 unspecified atom stereocenters. The zero-order chi connectivity index (χ0) is 25.2. The third kappa shape index (κ3) is 6.21. The summed E-state index contributed by atoms with van der Waals surface area (Å²) in [6, 6.07) is 11.9. The molecule has 4 rings (SSSR count). The molecule has 2 aromatic carbocycles. The number of amides is 1. The fourth-order valence-electron chi connectivity index (χ4n) is 4.55. The van der Waals surface area contributed by atoms with Gasteiger partial charge in [-0.15, -0.1) is 0 Å². The maximum absolute atomic E-state index is 16.0. The Morgan fingerprint density at radius 3 is 2.69 bits per heavy atom. The molecular formula is C24H32FN3O5SSi. The first kappa shape index (κ1) is 25.6. The molecule has 2 aromatic rings. The van der Waals surface area contributed by atoms with Gasteiger partial charge in [0.2, 0.25) is 0 Å². The Kier molecular flexibility index (Phi) is 7.50. The molecule has 190 valence electrons. The molecule has 2 aliphatic rings. The number of aryl methyl sites for hydroxylation is 1. The fourth-order valence-corrected chi connectivity index (χ4v) is 6.75. The molecule has 1 aliphatic carbocycles. The molecule has 1 saturated heterocycles. The van der Waals surface area contributed by atoms with Gasteiger partial charge in [-0.2, -0.15) is 8.42 Å². The first-order valence-corrected chi connectivity index (χ1v) is 16.4. The third-order valence-electron chi connectivity index (χ3n) is 6.32. The zero-order valence-corrected chi connectivity index (χ0v) is 21.8. The lowest BCUT2D eigenvalue weighted by Gasteiger charge is -2.29. The zero-order valence-electron chi connectivity index (χ0n) is 20.0. The second-order valence-corrected chi connectivity index (χ2v) is 15.5. The molecule has 1 heterocycles. The number of nitrogens with zero attached hydrogens (tertiary/aromatic N) is 1. The van der Waals surface area contributed by atoms with Gasteiger partial charge in [0, 0.05) is 6.04 Å². The molecule has 0 aromatic heterocycles. The number of hydrogen-bond donors (Lipinski definition) is 3. The van der Waals surface area contributed by atoms with Crippen LogP contribution in [0.5, 0.6) is 5.75 Å². The van der Waals surface area contributed by atoms with Crippen molar-refractivity contribution in [3.63, 3.8) is 0 Å². The van der Waals surface area contributed by atoms with Crippen LogP contribution in [0.15, 0.2) is 36.4 Å². The number of carbonyl (C=O) groups is 1. The van der Waals surface area contributed by atoms with E-state index in [9.17, 15) is 18.0 Å². The normalized spacial score (nSPS) is 19.4. The summed E-state index contributed by atoms with van der Waals surface area (Å²) < 4.78 is 49.8. The smallest absolute Gasteiger partial charge is 0.326 e. The van der Waals surface area contributed by atoms with Crippen molar-refractivity contribution in [3.05, 3.63) is 58.9 Å². The highest BCUT2D eigenvalue weighted by Crippen LogP contribution is 2.40. The van der Waals surface area contributed by atoms with Crippen LogP contribution in [0, 0.1) is 5.82 Å². The van der Waals surface area contributed by atoms with E-state index in [0.29, 0.717) is 18.4 Å². The van der Waals surface area contributed by atoms with Gasteiger partial charge in [-0.3, -0.25) is 4.79 Å². The number of anilines is 1. The lowest BCUT2D eigenvalue weighted by Crippen LogP contribution is -2.37. The van der Waals surface area contributed by atoms with Gasteiger partial charge < -0.3 is 14.8 Å². The average Bonchev–Trinajstić information content (AvgIpc) is 3.07.